The van der Waals surface area contributed by atoms with Crippen LogP contribution in [0.5, 0.6) is 0 Å². The summed E-state index contributed by atoms with van der Waals surface area (Å²) >= 11 is 0. The van der Waals surface area contributed by atoms with Crippen molar-refractivity contribution < 1.29 is 12.8 Å². The Morgan fingerprint density at radius 3 is 2.56 bits per heavy atom. The fraction of sp³-hybridized carbons (Fsp3) is 0.421. The topological polar surface area (TPSA) is 50.3 Å². The Labute approximate surface area is 146 Å². The summed E-state index contributed by atoms with van der Waals surface area (Å²) in [4.78, 5) is 6.55. The molecule has 1 saturated heterocycles. The summed E-state index contributed by atoms with van der Waals surface area (Å²) in [6.07, 6.45) is 5.12. The van der Waals surface area contributed by atoms with E-state index >= 15 is 0 Å². The zero-order valence-electron chi connectivity index (χ0n) is 13.7. The number of hydrogen-bond donors (Lipinski definition) is 0. The van der Waals surface area contributed by atoms with Crippen molar-refractivity contribution in [3.63, 3.8) is 0 Å². The van der Waals surface area contributed by atoms with E-state index in [0.717, 1.165) is 23.2 Å². The summed E-state index contributed by atoms with van der Waals surface area (Å²) in [5, 5.41) is -0.315. The maximum atomic E-state index is 13.1. The number of rotatable bonds is 2. The van der Waals surface area contributed by atoms with Crippen molar-refractivity contribution >= 4 is 9.84 Å². The molecule has 5 rings (SSSR count). The Morgan fingerprint density at radius 2 is 1.88 bits per heavy atom. The molecule has 2 aromatic rings. The van der Waals surface area contributed by atoms with Gasteiger partial charge in [-0.3, -0.25) is 4.90 Å². The molecule has 25 heavy (non-hydrogen) atoms. The van der Waals surface area contributed by atoms with E-state index in [4.69, 9.17) is 0 Å². The molecular formula is C19H19FN2O2S. The molecule has 4 nitrogen and oxygen atoms in total. The molecule has 0 unspecified atom stereocenters. The first kappa shape index (κ1) is 15.5. The first-order chi connectivity index (χ1) is 12.0. The number of aromatic nitrogens is 1. The summed E-state index contributed by atoms with van der Waals surface area (Å²) in [6.45, 7) is 1.48. The fourth-order valence-corrected chi connectivity index (χ4v) is 6.63. The van der Waals surface area contributed by atoms with Crippen LogP contribution in [0.4, 0.5) is 4.39 Å². The van der Waals surface area contributed by atoms with Gasteiger partial charge in [-0.15, -0.1) is 0 Å². The number of pyridine rings is 1. The van der Waals surface area contributed by atoms with Crippen LogP contribution in [0.3, 0.4) is 0 Å². The molecule has 0 radical (unpaired) electrons. The summed E-state index contributed by atoms with van der Waals surface area (Å²) in [7, 11) is -3.26. The number of fused-ring (bicyclic) bond motifs is 3. The molecule has 0 N–H and O–H groups in total. The monoisotopic (exact) mass is 358 g/mol. The fourth-order valence-electron chi connectivity index (χ4n) is 4.45. The summed E-state index contributed by atoms with van der Waals surface area (Å²) in [5.74, 6) is -0.464. The van der Waals surface area contributed by atoms with E-state index < -0.39 is 15.8 Å². The molecular weight excluding hydrogens is 339 g/mol. The normalized spacial score (nSPS) is 27.7. The lowest BCUT2D eigenvalue weighted by Crippen LogP contribution is -2.39. The van der Waals surface area contributed by atoms with Gasteiger partial charge in [-0.1, -0.05) is 12.5 Å². The van der Waals surface area contributed by atoms with Crippen LogP contribution in [0.25, 0.3) is 11.1 Å². The molecule has 0 amide bonds. The van der Waals surface area contributed by atoms with Crippen LogP contribution in [0.1, 0.15) is 30.7 Å². The molecule has 2 atom stereocenters. The zero-order valence-corrected chi connectivity index (χ0v) is 14.5. The van der Waals surface area contributed by atoms with Gasteiger partial charge in [-0.05, 0) is 48.2 Å². The van der Waals surface area contributed by atoms with Gasteiger partial charge in [0, 0.05) is 36.8 Å². The van der Waals surface area contributed by atoms with Gasteiger partial charge in [0.15, 0.2) is 9.84 Å². The Balaban J connectivity index is 1.55. The second-order valence-electron chi connectivity index (χ2n) is 7.35. The van der Waals surface area contributed by atoms with Crippen molar-refractivity contribution in [1.29, 1.82) is 0 Å². The summed E-state index contributed by atoms with van der Waals surface area (Å²) in [6, 6.07) is 9.06. The molecule has 1 aliphatic carbocycles. The maximum Gasteiger partial charge on any atom is 0.212 e. The smallest absolute Gasteiger partial charge is 0.212 e. The van der Waals surface area contributed by atoms with E-state index in [2.05, 4.69) is 9.88 Å². The van der Waals surface area contributed by atoms with Crippen LogP contribution in [0.2, 0.25) is 0 Å². The van der Waals surface area contributed by atoms with Gasteiger partial charge in [-0.25, -0.2) is 13.4 Å². The molecule has 0 bridgehead atoms. The average Bonchev–Trinajstić information content (AvgIpc) is 3.06. The van der Waals surface area contributed by atoms with Crippen molar-refractivity contribution in [1.82, 2.24) is 9.88 Å². The van der Waals surface area contributed by atoms with Crippen LogP contribution < -0.4 is 0 Å². The highest BCUT2D eigenvalue weighted by molar-refractivity contribution is 7.92. The van der Waals surface area contributed by atoms with Crippen molar-refractivity contribution in [3.8, 4) is 11.1 Å². The highest BCUT2D eigenvalue weighted by Gasteiger charge is 2.51. The Bertz CT molecular complexity index is 938. The number of benzene rings is 1. The van der Waals surface area contributed by atoms with Gasteiger partial charge in [0.05, 0.1) is 10.1 Å². The second kappa shape index (κ2) is 5.35. The minimum absolute atomic E-state index is 0.0500. The predicted octanol–water partition coefficient (Wildman–Crippen LogP) is 3.00. The zero-order chi connectivity index (χ0) is 17.2. The van der Waals surface area contributed by atoms with Gasteiger partial charge in [0.25, 0.3) is 0 Å². The van der Waals surface area contributed by atoms with Crippen molar-refractivity contribution in [3.05, 3.63) is 48.0 Å². The molecule has 2 aliphatic heterocycles. The molecule has 2 fully saturated rings. The number of likely N-dealkylation sites (tertiary alicyclic amines) is 1. The minimum Gasteiger partial charge on any atom is -0.298 e. The van der Waals surface area contributed by atoms with Crippen LogP contribution >= 0.6 is 0 Å². The average molecular weight is 358 g/mol. The number of sulfone groups is 1. The minimum atomic E-state index is -3.26. The highest BCUT2D eigenvalue weighted by Crippen LogP contribution is 2.47. The summed E-state index contributed by atoms with van der Waals surface area (Å²) < 4.78 is 38.9. The third-order valence-corrected chi connectivity index (χ3v) is 8.32. The summed E-state index contributed by atoms with van der Waals surface area (Å²) in [5.41, 5.74) is 2.62. The lowest BCUT2D eigenvalue weighted by Gasteiger charge is -2.35. The molecule has 3 heterocycles. The lowest BCUT2D eigenvalue weighted by atomic mass is 9.91. The number of nitrogens with zero attached hydrogens (tertiary/aromatic N) is 2. The van der Waals surface area contributed by atoms with E-state index in [0.29, 0.717) is 17.5 Å². The number of hydrogen-bond acceptors (Lipinski definition) is 4. The first-order valence-electron chi connectivity index (χ1n) is 8.78. The Hall–Kier alpha value is -1.79. The molecule has 1 aromatic heterocycles. The van der Waals surface area contributed by atoms with Gasteiger partial charge in [0.2, 0.25) is 5.95 Å². The largest absolute Gasteiger partial charge is 0.298 e. The number of halogens is 1. The molecule has 0 spiro atoms. The SMILES string of the molecule is O=S1(=O)c2ccc(-c3ccc(F)nc3)cc2[C@H]2CN(C3CCC3)C[C@H]21. The van der Waals surface area contributed by atoms with Gasteiger partial charge < -0.3 is 0 Å². The van der Waals surface area contributed by atoms with E-state index in [-0.39, 0.29) is 11.2 Å². The molecule has 1 aromatic carbocycles. The van der Waals surface area contributed by atoms with E-state index in [9.17, 15) is 12.8 Å². The maximum absolute atomic E-state index is 13.1. The van der Waals surface area contributed by atoms with Crippen molar-refractivity contribution in [2.45, 2.75) is 41.4 Å². The van der Waals surface area contributed by atoms with E-state index in [1.807, 2.05) is 6.07 Å². The quantitative estimate of drug-likeness (QED) is 0.775. The Kier molecular flexibility index (Phi) is 3.31. The lowest BCUT2D eigenvalue weighted by molar-refractivity contribution is 0.157. The van der Waals surface area contributed by atoms with Gasteiger partial charge >= 0.3 is 0 Å². The van der Waals surface area contributed by atoms with E-state index in [1.54, 1.807) is 18.2 Å². The van der Waals surface area contributed by atoms with Crippen LogP contribution in [0, 0.1) is 5.95 Å². The third-order valence-electron chi connectivity index (χ3n) is 6.06. The second-order valence-corrected chi connectivity index (χ2v) is 9.49. The highest BCUT2D eigenvalue weighted by atomic mass is 32.2. The van der Waals surface area contributed by atoms with Crippen molar-refractivity contribution in [2.75, 3.05) is 13.1 Å². The van der Waals surface area contributed by atoms with Crippen LogP contribution in [-0.2, 0) is 9.84 Å². The van der Waals surface area contributed by atoms with Gasteiger partial charge in [0.1, 0.15) is 0 Å². The van der Waals surface area contributed by atoms with Gasteiger partial charge in [-0.2, -0.15) is 4.39 Å². The van der Waals surface area contributed by atoms with Crippen LogP contribution in [0.15, 0.2) is 41.4 Å². The molecule has 3 aliphatic rings. The van der Waals surface area contributed by atoms with Crippen molar-refractivity contribution in [2.24, 2.45) is 0 Å². The van der Waals surface area contributed by atoms with E-state index in [1.165, 1.54) is 31.5 Å². The first-order valence-corrected chi connectivity index (χ1v) is 10.3. The molecule has 130 valence electrons. The van der Waals surface area contributed by atoms with Crippen LogP contribution in [-0.4, -0.2) is 42.7 Å². The standard InChI is InChI=1S/C19H19FN2O2S/c20-19-7-5-13(9-21-19)12-4-6-17-15(8-12)16-10-22(14-2-1-3-14)11-18(16)25(17,23)24/h4-9,14,16,18H,1-3,10-11H2/t16-,18-/m1/s1. The predicted molar refractivity (Wildman–Crippen MR) is 92.6 cm³/mol. The third kappa shape index (κ3) is 2.27. The molecule has 6 heteroatoms. The molecule has 1 saturated carbocycles. The Morgan fingerprint density at radius 1 is 1.08 bits per heavy atom.